The molecule has 2 aromatic rings. The van der Waals surface area contributed by atoms with Gasteiger partial charge < -0.3 is 9.30 Å². The van der Waals surface area contributed by atoms with Gasteiger partial charge in [-0.1, -0.05) is 12.1 Å². The number of carbonyl (C=O) groups excluding carboxylic acids is 2. The van der Waals surface area contributed by atoms with Crippen LogP contribution in [0.2, 0.25) is 0 Å². The van der Waals surface area contributed by atoms with Crippen molar-refractivity contribution in [2.24, 2.45) is 7.05 Å². The first-order chi connectivity index (χ1) is 8.10. The first-order valence-corrected chi connectivity index (χ1v) is 5.22. The minimum atomic E-state index is -0.497. The van der Waals surface area contributed by atoms with Crippen LogP contribution in [0.1, 0.15) is 26.4 Å². The predicted octanol–water partition coefficient (Wildman–Crippen LogP) is 2.09. The Hall–Kier alpha value is -2.10. The summed E-state index contributed by atoms with van der Waals surface area (Å²) in [5.74, 6) is -0.497. The quantitative estimate of drug-likeness (QED) is 0.587. The number of ether oxygens (including phenoxy) is 1. The summed E-state index contributed by atoms with van der Waals surface area (Å²) < 4.78 is 6.39. The van der Waals surface area contributed by atoms with E-state index in [-0.39, 0.29) is 0 Å². The van der Waals surface area contributed by atoms with Gasteiger partial charge in [0.2, 0.25) is 0 Å². The number of hydrogen-bond donors (Lipinski definition) is 0. The lowest BCUT2D eigenvalue weighted by Crippen LogP contribution is -2.09. The zero-order chi connectivity index (χ0) is 12.6. The van der Waals surface area contributed by atoms with Gasteiger partial charge in [0.05, 0.1) is 12.7 Å². The van der Waals surface area contributed by atoms with Crippen molar-refractivity contribution in [3.63, 3.8) is 0 Å². The molecule has 0 spiro atoms. The molecular weight excluding hydrogens is 218 g/mol. The highest BCUT2D eigenvalue weighted by molar-refractivity contribution is 6.08. The largest absolute Gasteiger partial charge is 0.464 e. The van der Waals surface area contributed by atoms with Crippen molar-refractivity contribution in [3.05, 3.63) is 35.0 Å². The molecule has 0 atom stereocenters. The van der Waals surface area contributed by atoms with E-state index in [0.717, 1.165) is 16.5 Å². The summed E-state index contributed by atoms with van der Waals surface area (Å²) in [5, 5.41) is 0.772. The van der Waals surface area contributed by atoms with Gasteiger partial charge >= 0.3 is 5.97 Å². The fourth-order valence-electron chi connectivity index (χ4n) is 2.04. The number of aromatic nitrogens is 1. The molecule has 0 fully saturated rings. The summed E-state index contributed by atoms with van der Waals surface area (Å²) in [6, 6.07) is 5.70. The van der Waals surface area contributed by atoms with Crippen LogP contribution in [-0.2, 0) is 11.8 Å². The maximum atomic E-state index is 11.7. The summed E-state index contributed by atoms with van der Waals surface area (Å²) in [6.45, 7) is 1.96. The Morgan fingerprint density at radius 2 is 2.12 bits per heavy atom. The number of aldehydes is 1. The normalized spacial score (nSPS) is 10.5. The molecule has 0 aliphatic carbocycles. The average Bonchev–Trinajstić information content (AvgIpc) is 2.61. The third-order valence-electron chi connectivity index (χ3n) is 2.89. The third-order valence-corrected chi connectivity index (χ3v) is 2.89. The molecule has 0 bridgehead atoms. The van der Waals surface area contributed by atoms with Crippen LogP contribution in [0.25, 0.3) is 10.9 Å². The van der Waals surface area contributed by atoms with Gasteiger partial charge in [0.25, 0.3) is 0 Å². The van der Waals surface area contributed by atoms with Crippen molar-refractivity contribution in [3.8, 4) is 0 Å². The molecule has 1 aromatic carbocycles. The number of methoxy groups -OCH3 is 1. The molecular formula is C13H13NO3. The van der Waals surface area contributed by atoms with Crippen LogP contribution < -0.4 is 0 Å². The van der Waals surface area contributed by atoms with E-state index in [1.807, 2.05) is 25.1 Å². The Morgan fingerprint density at radius 3 is 2.71 bits per heavy atom. The molecule has 0 saturated carbocycles. The molecule has 1 heterocycles. The van der Waals surface area contributed by atoms with Crippen LogP contribution in [0.15, 0.2) is 18.2 Å². The van der Waals surface area contributed by atoms with Crippen LogP contribution in [0.5, 0.6) is 0 Å². The molecule has 0 unspecified atom stereocenters. The highest BCUT2D eigenvalue weighted by Gasteiger charge is 2.20. The number of nitrogens with zero attached hydrogens (tertiary/aromatic N) is 1. The van der Waals surface area contributed by atoms with Gasteiger partial charge in [-0.25, -0.2) is 4.79 Å². The maximum absolute atomic E-state index is 11.7. The van der Waals surface area contributed by atoms with E-state index >= 15 is 0 Å². The van der Waals surface area contributed by atoms with Crippen molar-refractivity contribution in [2.45, 2.75) is 6.92 Å². The first kappa shape index (κ1) is 11.4. The molecule has 88 valence electrons. The number of aryl methyl sites for hydroxylation is 2. The number of benzene rings is 1. The molecule has 0 aliphatic rings. The van der Waals surface area contributed by atoms with Crippen LogP contribution in [0.4, 0.5) is 0 Å². The molecule has 2 rings (SSSR count). The van der Waals surface area contributed by atoms with E-state index in [1.54, 1.807) is 11.6 Å². The van der Waals surface area contributed by atoms with E-state index in [4.69, 9.17) is 4.74 Å². The number of carbonyl (C=O) groups is 2. The molecule has 0 N–H and O–H groups in total. The van der Waals surface area contributed by atoms with Gasteiger partial charge in [0, 0.05) is 18.0 Å². The standard InChI is InChI=1S/C13H13NO3/c1-8-4-5-9-10(7-15)12(13(16)17-3)14(2)11(9)6-8/h4-7H,1-3H3. The Kier molecular flexibility index (Phi) is 2.71. The maximum Gasteiger partial charge on any atom is 0.355 e. The Bertz CT molecular complexity index is 611. The molecule has 4 nitrogen and oxygen atoms in total. The summed E-state index contributed by atoms with van der Waals surface area (Å²) in [4.78, 5) is 22.8. The Morgan fingerprint density at radius 1 is 1.41 bits per heavy atom. The summed E-state index contributed by atoms with van der Waals surface area (Å²) in [6.07, 6.45) is 0.698. The second kappa shape index (κ2) is 4.05. The van der Waals surface area contributed by atoms with Gasteiger partial charge in [-0.05, 0) is 18.6 Å². The van der Waals surface area contributed by atoms with E-state index in [1.165, 1.54) is 7.11 Å². The van der Waals surface area contributed by atoms with Crippen molar-refractivity contribution >= 4 is 23.2 Å². The number of esters is 1. The minimum Gasteiger partial charge on any atom is -0.464 e. The predicted molar refractivity (Wildman–Crippen MR) is 64.4 cm³/mol. The second-order valence-corrected chi connectivity index (χ2v) is 3.95. The topological polar surface area (TPSA) is 48.3 Å². The molecule has 0 saturated heterocycles. The van der Waals surface area contributed by atoms with Crippen LogP contribution >= 0.6 is 0 Å². The van der Waals surface area contributed by atoms with Gasteiger partial charge in [0.1, 0.15) is 5.69 Å². The van der Waals surface area contributed by atoms with Crippen molar-refractivity contribution in [1.82, 2.24) is 4.57 Å². The Balaban J connectivity index is 2.88. The second-order valence-electron chi connectivity index (χ2n) is 3.95. The molecule has 1 aromatic heterocycles. The number of rotatable bonds is 2. The fraction of sp³-hybridized carbons (Fsp3) is 0.231. The highest BCUT2D eigenvalue weighted by atomic mass is 16.5. The van der Waals surface area contributed by atoms with Crippen LogP contribution in [0, 0.1) is 6.92 Å². The van der Waals surface area contributed by atoms with E-state index in [9.17, 15) is 9.59 Å². The lowest BCUT2D eigenvalue weighted by molar-refractivity contribution is 0.0588. The summed E-state index contributed by atoms with van der Waals surface area (Å²) in [5.41, 5.74) is 2.61. The van der Waals surface area contributed by atoms with E-state index in [0.29, 0.717) is 17.5 Å². The first-order valence-electron chi connectivity index (χ1n) is 5.22. The van der Waals surface area contributed by atoms with Gasteiger partial charge in [0.15, 0.2) is 6.29 Å². The van der Waals surface area contributed by atoms with Crippen LogP contribution in [0.3, 0.4) is 0 Å². The molecule has 17 heavy (non-hydrogen) atoms. The van der Waals surface area contributed by atoms with Gasteiger partial charge in [-0.3, -0.25) is 4.79 Å². The smallest absolute Gasteiger partial charge is 0.355 e. The van der Waals surface area contributed by atoms with Crippen LogP contribution in [-0.4, -0.2) is 23.9 Å². The van der Waals surface area contributed by atoms with E-state index in [2.05, 4.69) is 0 Å². The van der Waals surface area contributed by atoms with Gasteiger partial charge in [-0.15, -0.1) is 0 Å². The summed E-state index contributed by atoms with van der Waals surface area (Å²) >= 11 is 0. The minimum absolute atomic E-state index is 0.295. The molecule has 0 aliphatic heterocycles. The average molecular weight is 231 g/mol. The lowest BCUT2D eigenvalue weighted by atomic mass is 10.1. The SMILES string of the molecule is COC(=O)c1c(C=O)c2ccc(C)cc2n1C. The molecule has 0 radical (unpaired) electrons. The molecule has 0 amide bonds. The zero-order valence-corrected chi connectivity index (χ0v) is 9.98. The number of hydrogen-bond acceptors (Lipinski definition) is 3. The number of fused-ring (bicyclic) bond motifs is 1. The van der Waals surface area contributed by atoms with Gasteiger partial charge in [-0.2, -0.15) is 0 Å². The molecule has 4 heteroatoms. The zero-order valence-electron chi connectivity index (χ0n) is 9.98. The van der Waals surface area contributed by atoms with Crippen molar-refractivity contribution in [2.75, 3.05) is 7.11 Å². The van der Waals surface area contributed by atoms with Crippen molar-refractivity contribution in [1.29, 1.82) is 0 Å². The Labute approximate surface area is 98.8 Å². The summed E-state index contributed by atoms with van der Waals surface area (Å²) in [7, 11) is 3.06. The van der Waals surface area contributed by atoms with E-state index < -0.39 is 5.97 Å². The monoisotopic (exact) mass is 231 g/mol. The van der Waals surface area contributed by atoms with Crippen molar-refractivity contribution < 1.29 is 14.3 Å². The fourth-order valence-corrected chi connectivity index (χ4v) is 2.04. The third kappa shape index (κ3) is 1.62. The highest BCUT2D eigenvalue weighted by Crippen LogP contribution is 2.25. The lowest BCUT2D eigenvalue weighted by Gasteiger charge is -2.02.